The molecule has 23 heavy (non-hydrogen) atoms. The van der Waals surface area contributed by atoms with Crippen molar-refractivity contribution in [3.8, 4) is 0 Å². The summed E-state index contributed by atoms with van der Waals surface area (Å²) in [5.74, 6) is 0.713. The fourth-order valence-electron chi connectivity index (χ4n) is 4.09. The minimum atomic E-state index is 0. The molecule has 1 saturated heterocycles. The van der Waals surface area contributed by atoms with Crippen LogP contribution in [0.1, 0.15) is 63.0 Å². The maximum atomic E-state index is 12.9. The van der Waals surface area contributed by atoms with Gasteiger partial charge in [-0.1, -0.05) is 49.6 Å². The number of nitrogens with two attached hydrogens (primary N) is 1. The van der Waals surface area contributed by atoms with Crippen LogP contribution in [0.4, 0.5) is 0 Å². The Labute approximate surface area is 146 Å². The van der Waals surface area contributed by atoms with E-state index in [1.54, 1.807) is 0 Å². The Kier molecular flexibility index (Phi) is 6.91. The zero-order chi connectivity index (χ0) is 15.4. The summed E-state index contributed by atoms with van der Waals surface area (Å²) < 4.78 is 0. The highest BCUT2D eigenvalue weighted by atomic mass is 35.5. The van der Waals surface area contributed by atoms with Crippen molar-refractivity contribution in [3.05, 3.63) is 35.9 Å². The Morgan fingerprint density at radius 1 is 1.04 bits per heavy atom. The molecule has 0 bridgehead atoms. The molecule has 2 N–H and O–H groups in total. The van der Waals surface area contributed by atoms with Crippen molar-refractivity contribution in [2.75, 3.05) is 6.54 Å². The molecule has 1 aromatic rings. The van der Waals surface area contributed by atoms with E-state index in [9.17, 15) is 4.79 Å². The molecule has 4 heteroatoms. The highest BCUT2D eigenvalue weighted by Crippen LogP contribution is 2.33. The lowest BCUT2D eigenvalue weighted by Crippen LogP contribution is -2.37. The van der Waals surface area contributed by atoms with Crippen LogP contribution in [0, 0.1) is 5.92 Å². The molecule has 1 amide bonds. The first-order chi connectivity index (χ1) is 10.8. The van der Waals surface area contributed by atoms with Gasteiger partial charge in [0.1, 0.15) is 0 Å². The van der Waals surface area contributed by atoms with Gasteiger partial charge in [0.25, 0.3) is 0 Å². The van der Waals surface area contributed by atoms with Crippen LogP contribution in [0.25, 0.3) is 0 Å². The van der Waals surface area contributed by atoms with Gasteiger partial charge < -0.3 is 10.6 Å². The topological polar surface area (TPSA) is 46.3 Å². The Hall–Kier alpha value is -1.06. The first-order valence-electron chi connectivity index (χ1n) is 8.85. The second-order valence-corrected chi connectivity index (χ2v) is 6.92. The van der Waals surface area contributed by atoms with Gasteiger partial charge in [-0.15, -0.1) is 12.4 Å². The largest absolute Gasteiger partial charge is 0.336 e. The van der Waals surface area contributed by atoms with Crippen LogP contribution in [0.2, 0.25) is 0 Å². The normalized spacial score (nSPS) is 28.0. The molecule has 1 saturated carbocycles. The van der Waals surface area contributed by atoms with Crippen LogP contribution in [-0.2, 0) is 4.79 Å². The van der Waals surface area contributed by atoms with E-state index >= 15 is 0 Å². The van der Waals surface area contributed by atoms with Crippen molar-refractivity contribution in [3.63, 3.8) is 0 Å². The van der Waals surface area contributed by atoms with Gasteiger partial charge in [-0.25, -0.2) is 0 Å². The van der Waals surface area contributed by atoms with Crippen molar-refractivity contribution >= 4 is 18.3 Å². The van der Waals surface area contributed by atoms with E-state index in [1.807, 2.05) is 6.07 Å². The molecule has 0 radical (unpaired) electrons. The highest BCUT2D eigenvalue weighted by molar-refractivity contribution is 5.85. The van der Waals surface area contributed by atoms with Gasteiger partial charge in [0, 0.05) is 19.0 Å². The Bertz CT molecular complexity index is 493. The van der Waals surface area contributed by atoms with Crippen molar-refractivity contribution in [2.24, 2.45) is 11.7 Å². The summed E-state index contributed by atoms with van der Waals surface area (Å²) in [5, 5.41) is 0. The van der Waals surface area contributed by atoms with E-state index < -0.39 is 0 Å². The summed E-state index contributed by atoms with van der Waals surface area (Å²) in [5.41, 5.74) is 7.45. The zero-order valence-corrected chi connectivity index (χ0v) is 14.6. The lowest BCUT2D eigenvalue weighted by molar-refractivity contribution is -0.134. The minimum absolute atomic E-state index is 0. The molecule has 0 aromatic heterocycles. The number of hydrogen-bond donors (Lipinski definition) is 1. The lowest BCUT2D eigenvalue weighted by atomic mass is 9.97. The van der Waals surface area contributed by atoms with Gasteiger partial charge in [-0.05, 0) is 37.2 Å². The number of likely N-dealkylation sites (tertiary alicyclic amines) is 1. The molecule has 3 rings (SSSR count). The second kappa shape index (κ2) is 8.70. The highest BCUT2D eigenvalue weighted by Gasteiger charge is 2.31. The number of carbonyl (C=O) groups is 1. The Morgan fingerprint density at radius 2 is 1.83 bits per heavy atom. The smallest absolute Gasteiger partial charge is 0.223 e. The predicted molar refractivity (Wildman–Crippen MR) is 96.5 cm³/mol. The summed E-state index contributed by atoms with van der Waals surface area (Å²) in [4.78, 5) is 15.1. The van der Waals surface area contributed by atoms with Crippen LogP contribution in [0.5, 0.6) is 0 Å². The molecule has 1 aliphatic heterocycles. The Morgan fingerprint density at radius 3 is 2.52 bits per heavy atom. The molecule has 1 aliphatic carbocycles. The van der Waals surface area contributed by atoms with Gasteiger partial charge in [0.05, 0.1) is 6.04 Å². The van der Waals surface area contributed by atoms with Gasteiger partial charge >= 0.3 is 0 Å². The number of halogens is 1. The number of rotatable bonds is 3. The maximum absolute atomic E-state index is 12.9. The minimum Gasteiger partial charge on any atom is -0.336 e. The van der Waals surface area contributed by atoms with Gasteiger partial charge in [-0.3, -0.25) is 4.79 Å². The molecular formula is C19H29ClN2O. The predicted octanol–water partition coefficient (Wildman–Crippen LogP) is 4.07. The molecule has 128 valence electrons. The van der Waals surface area contributed by atoms with Crippen LogP contribution >= 0.6 is 12.4 Å². The third-order valence-corrected chi connectivity index (χ3v) is 5.41. The third-order valence-electron chi connectivity index (χ3n) is 5.41. The van der Waals surface area contributed by atoms with Crippen LogP contribution < -0.4 is 5.73 Å². The molecule has 1 aromatic carbocycles. The monoisotopic (exact) mass is 336 g/mol. The molecule has 1 unspecified atom stereocenters. The van der Waals surface area contributed by atoms with Crippen LogP contribution in [-0.4, -0.2) is 23.4 Å². The molecule has 1 heterocycles. The summed E-state index contributed by atoms with van der Waals surface area (Å²) in [6.07, 6.45) is 8.70. The van der Waals surface area contributed by atoms with Gasteiger partial charge in [-0.2, -0.15) is 0 Å². The maximum Gasteiger partial charge on any atom is 0.223 e. The number of amides is 1. The van der Waals surface area contributed by atoms with E-state index in [0.29, 0.717) is 18.2 Å². The summed E-state index contributed by atoms with van der Waals surface area (Å²) >= 11 is 0. The number of nitrogens with zero attached hydrogens (tertiary/aromatic N) is 1. The van der Waals surface area contributed by atoms with Crippen LogP contribution in [0.3, 0.4) is 0 Å². The fourth-order valence-corrected chi connectivity index (χ4v) is 4.09. The quantitative estimate of drug-likeness (QED) is 0.904. The molecule has 0 spiro atoms. The van der Waals surface area contributed by atoms with Crippen LogP contribution in [0.15, 0.2) is 30.3 Å². The van der Waals surface area contributed by atoms with Crippen molar-refractivity contribution in [1.82, 2.24) is 4.90 Å². The molecular weight excluding hydrogens is 308 g/mol. The fraction of sp³-hybridized carbons (Fsp3) is 0.632. The van der Waals surface area contributed by atoms with E-state index in [2.05, 4.69) is 29.2 Å². The van der Waals surface area contributed by atoms with Crippen molar-refractivity contribution in [2.45, 2.75) is 63.5 Å². The molecule has 3 atom stereocenters. The summed E-state index contributed by atoms with van der Waals surface area (Å²) in [6, 6.07) is 11.0. The molecule has 2 aliphatic rings. The molecule has 3 nitrogen and oxygen atoms in total. The van der Waals surface area contributed by atoms with E-state index in [0.717, 1.165) is 32.2 Å². The summed E-state index contributed by atoms with van der Waals surface area (Å²) in [7, 11) is 0. The molecule has 2 fully saturated rings. The second-order valence-electron chi connectivity index (χ2n) is 6.92. The Balaban J connectivity index is 0.00000192. The summed E-state index contributed by atoms with van der Waals surface area (Å²) in [6.45, 7) is 0.903. The average Bonchev–Trinajstić information content (AvgIpc) is 2.80. The lowest BCUT2D eigenvalue weighted by Gasteiger charge is -2.32. The van der Waals surface area contributed by atoms with E-state index in [1.165, 1.54) is 24.8 Å². The van der Waals surface area contributed by atoms with Gasteiger partial charge in [0.2, 0.25) is 5.91 Å². The van der Waals surface area contributed by atoms with Gasteiger partial charge in [0.15, 0.2) is 0 Å². The number of carbonyl (C=O) groups excluding carboxylic acids is 1. The zero-order valence-electron chi connectivity index (χ0n) is 13.8. The number of hydrogen-bond acceptors (Lipinski definition) is 2. The SMILES string of the molecule is Cl.N[C@@H]1CCC[C@H]1CC(=O)N1CCCCCC1c1ccccc1. The van der Waals surface area contributed by atoms with Crippen molar-refractivity contribution in [1.29, 1.82) is 0 Å². The first kappa shape index (κ1) is 18.3. The van der Waals surface area contributed by atoms with Crippen molar-refractivity contribution < 1.29 is 4.79 Å². The first-order valence-corrected chi connectivity index (χ1v) is 8.85. The van der Waals surface area contributed by atoms with E-state index in [4.69, 9.17) is 5.73 Å². The number of benzene rings is 1. The average molecular weight is 337 g/mol. The standard InChI is InChI=1S/C19H28N2O.ClH/c20-17-11-7-10-16(17)14-19(22)21-13-6-2-5-12-18(21)15-8-3-1-4-9-15;/h1,3-4,8-9,16-18H,2,5-7,10-14,20H2;1H/t16-,17+,18?;/m0./s1. The third kappa shape index (κ3) is 4.48. The van der Waals surface area contributed by atoms with E-state index in [-0.39, 0.29) is 24.5 Å².